The number of hydrogen-bond donors (Lipinski definition) is 1. The molecule has 1 aliphatic rings. The number of nitrogens with one attached hydrogen (secondary N) is 1. The highest BCUT2D eigenvalue weighted by Crippen LogP contribution is 2.32. The van der Waals surface area contributed by atoms with E-state index >= 15 is 0 Å². The van der Waals surface area contributed by atoms with Crippen molar-refractivity contribution >= 4 is 17.3 Å². The van der Waals surface area contributed by atoms with E-state index in [1.54, 1.807) is 0 Å². The van der Waals surface area contributed by atoms with E-state index < -0.39 is 0 Å². The third-order valence-electron chi connectivity index (χ3n) is 3.74. The second-order valence-corrected chi connectivity index (χ2v) is 5.36. The van der Waals surface area contributed by atoms with Gasteiger partial charge in [0.25, 0.3) is 0 Å². The molecule has 0 bridgehead atoms. The van der Waals surface area contributed by atoms with Gasteiger partial charge in [0.05, 0.1) is 6.04 Å². The lowest BCUT2D eigenvalue weighted by Gasteiger charge is -2.39. The molecule has 3 nitrogen and oxygen atoms in total. The molecule has 0 spiro atoms. The molecular formula is C16H19N3S. The van der Waals surface area contributed by atoms with E-state index in [2.05, 4.69) is 70.4 Å². The van der Waals surface area contributed by atoms with Gasteiger partial charge in [-0.2, -0.15) is 0 Å². The number of thiocarbonyl (C=S) groups is 1. The molecule has 3 rings (SSSR count). The average molecular weight is 285 g/mol. The molecule has 0 amide bonds. The molecule has 0 saturated carbocycles. The van der Waals surface area contributed by atoms with Gasteiger partial charge in [-0.15, -0.1) is 0 Å². The molecule has 20 heavy (non-hydrogen) atoms. The Morgan fingerprint density at radius 2 is 2.00 bits per heavy atom. The first-order valence-electron chi connectivity index (χ1n) is 7.05. The van der Waals surface area contributed by atoms with Crippen LogP contribution in [0.4, 0.5) is 0 Å². The van der Waals surface area contributed by atoms with Crippen molar-refractivity contribution < 1.29 is 0 Å². The maximum atomic E-state index is 5.56. The van der Waals surface area contributed by atoms with Crippen LogP contribution in [-0.4, -0.2) is 27.7 Å². The topological polar surface area (TPSA) is 20.2 Å². The summed E-state index contributed by atoms with van der Waals surface area (Å²) in [5.41, 5.74) is 2.59. The fourth-order valence-corrected chi connectivity index (χ4v) is 3.18. The Balaban J connectivity index is 2.01. The summed E-state index contributed by atoms with van der Waals surface area (Å²) < 4.78 is 2.32. The molecule has 4 heteroatoms. The summed E-state index contributed by atoms with van der Waals surface area (Å²) in [5, 5.41) is 4.13. The summed E-state index contributed by atoms with van der Waals surface area (Å²) in [5.74, 6) is 0. The molecule has 0 radical (unpaired) electrons. The molecule has 1 atom stereocenters. The van der Waals surface area contributed by atoms with Crippen molar-refractivity contribution in [1.82, 2.24) is 14.8 Å². The fourth-order valence-electron chi connectivity index (χ4n) is 2.84. The van der Waals surface area contributed by atoms with Gasteiger partial charge in [-0.3, -0.25) is 0 Å². The van der Waals surface area contributed by atoms with Crippen LogP contribution < -0.4 is 5.32 Å². The van der Waals surface area contributed by atoms with E-state index in [4.69, 9.17) is 12.2 Å². The summed E-state index contributed by atoms with van der Waals surface area (Å²) in [6.07, 6.45) is 2.15. The van der Waals surface area contributed by atoms with Crippen molar-refractivity contribution in [3.8, 4) is 0 Å². The molecule has 0 saturated heterocycles. The number of fused-ring (bicyclic) bond motifs is 1. The number of benzene rings is 1. The van der Waals surface area contributed by atoms with Crippen molar-refractivity contribution in [1.29, 1.82) is 0 Å². The van der Waals surface area contributed by atoms with Gasteiger partial charge in [-0.05, 0) is 36.8 Å². The number of nitrogens with zero attached hydrogens (tertiary/aromatic N) is 2. The second-order valence-electron chi connectivity index (χ2n) is 4.97. The highest BCUT2D eigenvalue weighted by atomic mass is 32.1. The summed E-state index contributed by atoms with van der Waals surface area (Å²) in [4.78, 5) is 2.30. The number of aromatic nitrogens is 1. The van der Waals surface area contributed by atoms with Gasteiger partial charge in [-0.25, -0.2) is 0 Å². The van der Waals surface area contributed by atoms with Crippen LogP contribution in [0.2, 0.25) is 0 Å². The average Bonchev–Trinajstić information content (AvgIpc) is 2.95. The van der Waals surface area contributed by atoms with Gasteiger partial charge in [0.2, 0.25) is 0 Å². The molecule has 1 aromatic carbocycles. The summed E-state index contributed by atoms with van der Waals surface area (Å²) in [6, 6.07) is 15.1. The van der Waals surface area contributed by atoms with Crippen LogP contribution in [0.25, 0.3) is 0 Å². The smallest absolute Gasteiger partial charge is 0.169 e. The van der Waals surface area contributed by atoms with E-state index in [9.17, 15) is 0 Å². The zero-order valence-corrected chi connectivity index (χ0v) is 12.4. The van der Waals surface area contributed by atoms with Crippen molar-refractivity contribution in [3.05, 3.63) is 59.9 Å². The summed E-state index contributed by atoms with van der Waals surface area (Å²) in [7, 11) is 0. The third-order valence-corrected chi connectivity index (χ3v) is 4.12. The third kappa shape index (κ3) is 2.31. The van der Waals surface area contributed by atoms with Crippen molar-refractivity contribution in [2.45, 2.75) is 19.5 Å². The second kappa shape index (κ2) is 5.67. The van der Waals surface area contributed by atoms with Crippen LogP contribution in [0.3, 0.4) is 0 Å². The maximum Gasteiger partial charge on any atom is 0.169 e. The quantitative estimate of drug-likeness (QED) is 0.857. The molecule has 1 N–H and O–H groups in total. The lowest BCUT2D eigenvalue weighted by Crippen LogP contribution is -2.47. The predicted octanol–water partition coefficient (Wildman–Crippen LogP) is 2.79. The van der Waals surface area contributed by atoms with Crippen molar-refractivity contribution in [2.24, 2.45) is 0 Å². The van der Waals surface area contributed by atoms with E-state index in [1.165, 1.54) is 11.3 Å². The minimum Gasteiger partial charge on any atom is -0.363 e. The minimum absolute atomic E-state index is 0.200. The molecule has 1 aromatic heterocycles. The lowest BCUT2D eigenvalue weighted by molar-refractivity contribution is 0.286. The Kier molecular flexibility index (Phi) is 3.74. The Morgan fingerprint density at radius 3 is 2.75 bits per heavy atom. The van der Waals surface area contributed by atoms with Crippen LogP contribution in [0.5, 0.6) is 0 Å². The Hall–Kier alpha value is -1.81. The first-order valence-corrected chi connectivity index (χ1v) is 7.46. The number of rotatable bonds is 2. The predicted molar refractivity (Wildman–Crippen MR) is 85.7 cm³/mol. The first kappa shape index (κ1) is 13.2. The van der Waals surface area contributed by atoms with E-state index in [-0.39, 0.29) is 6.04 Å². The van der Waals surface area contributed by atoms with E-state index in [1.807, 2.05) is 0 Å². The highest BCUT2D eigenvalue weighted by molar-refractivity contribution is 7.80. The van der Waals surface area contributed by atoms with Gasteiger partial charge in [0.1, 0.15) is 0 Å². The van der Waals surface area contributed by atoms with Crippen LogP contribution in [0.15, 0.2) is 48.7 Å². The number of hydrogen-bond acceptors (Lipinski definition) is 1. The highest BCUT2D eigenvalue weighted by Gasteiger charge is 2.29. The molecule has 0 aliphatic carbocycles. The standard InChI is InChI=1S/C16H19N3S/c1-2-17-16(20)19-12-11-18-10-6-9-14(18)15(19)13-7-4-3-5-8-13/h3-10,15H,2,11-12H2,1H3,(H,17,20)/t15-/m0/s1. The Morgan fingerprint density at radius 1 is 1.20 bits per heavy atom. The van der Waals surface area contributed by atoms with Crippen molar-refractivity contribution in [2.75, 3.05) is 13.1 Å². The monoisotopic (exact) mass is 285 g/mol. The summed E-state index contributed by atoms with van der Waals surface area (Å²) >= 11 is 5.56. The molecular weight excluding hydrogens is 266 g/mol. The molecule has 0 unspecified atom stereocenters. The molecule has 1 aliphatic heterocycles. The molecule has 2 aromatic rings. The zero-order chi connectivity index (χ0) is 13.9. The molecule has 104 valence electrons. The van der Waals surface area contributed by atoms with E-state index in [0.29, 0.717) is 0 Å². The normalized spacial score (nSPS) is 17.6. The largest absolute Gasteiger partial charge is 0.363 e. The van der Waals surface area contributed by atoms with Gasteiger partial charge in [0, 0.05) is 31.5 Å². The Labute approximate surface area is 125 Å². The first-order chi connectivity index (χ1) is 9.81. The lowest BCUT2D eigenvalue weighted by atomic mass is 10.0. The van der Waals surface area contributed by atoms with Gasteiger partial charge in [0.15, 0.2) is 5.11 Å². The van der Waals surface area contributed by atoms with Crippen LogP contribution in [0, 0.1) is 0 Å². The van der Waals surface area contributed by atoms with Gasteiger partial charge in [-0.1, -0.05) is 30.3 Å². The molecule has 0 fully saturated rings. The summed E-state index contributed by atoms with van der Waals surface area (Å²) in [6.45, 7) is 4.86. The minimum atomic E-state index is 0.200. The SMILES string of the molecule is CCNC(=S)N1CCn2cccc2[C@@H]1c1ccccc1. The van der Waals surface area contributed by atoms with Crippen molar-refractivity contribution in [3.63, 3.8) is 0 Å². The van der Waals surface area contributed by atoms with Crippen LogP contribution in [0.1, 0.15) is 24.2 Å². The maximum absolute atomic E-state index is 5.56. The van der Waals surface area contributed by atoms with Crippen LogP contribution >= 0.6 is 12.2 Å². The van der Waals surface area contributed by atoms with E-state index in [0.717, 1.165) is 24.7 Å². The van der Waals surface area contributed by atoms with Crippen LogP contribution in [-0.2, 0) is 6.54 Å². The van der Waals surface area contributed by atoms with Gasteiger partial charge < -0.3 is 14.8 Å². The zero-order valence-electron chi connectivity index (χ0n) is 11.6. The fraction of sp³-hybridized carbons (Fsp3) is 0.312. The molecule has 2 heterocycles. The Bertz CT molecular complexity index is 591. The van der Waals surface area contributed by atoms with Gasteiger partial charge >= 0.3 is 0 Å².